The first-order valence-electron chi connectivity index (χ1n) is 7.23. The molecule has 0 spiro atoms. The van der Waals surface area contributed by atoms with Crippen LogP contribution in [-0.2, 0) is 6.54 Å². The standard InChI is InChI=1S/C13H22N4O2/c18-9-8-16-4-1-5-17(7-6-16)10-12-14-13(19-15-12)11-2-3-11/h11,18H,1-10H2. The van der Waals surface area contributed by atoms with Gasteiger partial charge in [0.2, 0.25) is 5.89 Å². The molecule has 1 aromatic rings. The quantitative estimate of drug-likeness (QED) is 0.834. The normalized spacial score (nSPS) is 22.6. The van der Waals surface area contributed by atoms with E-state index in [1.165, 1.54) is 12.8 Å². The summed E-state index contributed by atoms with van der Waals surface area (Å²) in [7, 11) is 0. The van der Waals surface area contributed by atoms with Crippen molar-refractivity contribution >= 4 is 0 Å². The highest BCUT2D eigenvalue weighted by Crippen LogP contribution is 2.38. The molecule has 6 nitrogen and oxygen atoms in total. The molecule has 6 heteroatoms. The molecule has 1 saturated heterocycles. The average molecular weight is 266 g/mol. The van der Waals surface area contributed by atoms with Crippen molar-refractivity contribution in [2.75, 3.05) is 39.3 Å². The third-order valence-electron chi connectivity index (χ3n) is 3.87. The maximum atomic E-state index is 8.98. The van der Waals surface area contributed by atoms with E-state index in [1.54, 1.807) is 0 Å². The smallest absolute Gasteiger partial charge is 0.229 e. The second-order valence-corrected chi connectivity index (χ2v) is 5.52. The zero-order chi connectivity index (χ0) is 13.1. The number of hydrogen-bond acceptors (Lipinski definition) is 6. The Bertz CT molecular complexity index is 405. The number of aromatic nitrogens is 2. The molecule has 2 fully saturated rings. The summed E-state index contributed by atoms with van der Waals surface area (Å²) >= 11 is 0. The summed E-state index contributed by atoms with van der Waals surface area (Å²) in [6, 6.07) is 0. The van der Waals surface area contributed by atoms with Gasteiger partial charge in [0.05, 0.1) is 13.2 Å². The number of aliphatic hydroxyl groups excluding tert-OH is 1. The predicted octanol–water partition coefficient (Wildman–Crippen LogP) is 0.447. The summed E-state index contributed by atoms with van der Waals surface area (Å²) in [5.41, 5.74) is 0. The fraction of sp³-hybridized carbons (Fsp3) is 0.846. The van der Waals surface area contributed by atoms with Crippen LogP contribution in [0.25, 0.3) is 0 Å². The van der Waals surface area contributed by atoms with Gasteiger partial charge in [-0.1, -0.05) is 5.16 Å². The van der Waals surface area contributed by atoms with Gasteiger partial charge in [0.15, 0.2) is 5.82 Å². The lowest BCUT2D eigenvalue weighted by molar-refractivity contribution is 0.195. The van der Waals surface area contributed by atoms with Crippen LogP contribution >= 0.6 is 0 Å². The van der Waals surface area contributed by atoms with Crippen molar-refractivity contribution in [3.8, 4) is 0 Å². The molecular formula is C13H22N4O2. The van der Waals surface area contributed by atoms with Gasteiger partial charge in [0.1, 0.15) is 0 Å². The van der Waals surface area contributed by atoms with Gasteiger partial charge in [0, 0.05) is 25.6 Å². The van der Waals surface area contributed by atoms with Crippen LogP contribution in [0.5, 0.6) is 0 Å². The van der Waals surface area contributed by atoms with Crippen molar-refractivity contribution in [3.63, 3.8) is 0 Å². The van der Waals surface area contributed by atoms with Gasteiger partial charge in [-0.3, -0.25) is 9.80 Å². The van der Waals surface area contributed by atoms with Gasteiger partial charge in [-0.25, -0.2) is 0 Å². The molecule has 1 aliphatic carbocycles. The van der Waals surface area contributed by atoms with Crippen LogP contribution in [0, 0.1) is 0 Å². The van der Waals surface area contributed by atoms with Crippen LogP contribution in [0.3, 0.4) is 0 Å². The third kappa shape index (κ3) is 3.52. The van der Waals surface area contributed by atoms with Gasteiger partial charge in [-0.2, -0.15) is 4.98 Å². The minimum atomic E-state index is 0.246. The predicted molar refractivity (Wildman–Crippen MR) is 69.7 cm³/mol. The van der Waals surface area contributed by atoms with E-state index in [4.69, 9.17) is 9.63 Å². The monoisotopic (exact) mass is 266 g/mol. The first-order valence-corrected chi connectivity index (χ1v) is 7.23. The number of rotatable bonds is 5. The van der Waals surface area contributed by atoms with E-state index in [2.05, 4.69) is 19.9 Å². The summed E-state index contributed by atoms with van der Waals surface area (Å²) in [4.78, 5) is 9.16. The highest BCUT2D eigenvalue weighted by atomic mass is 16.5. The molecule has 0 amide bonds. The van der Waals surface area contributed by atoms with Gasteiger partial charge < -0.3 is 9.63 Å². The minimum absolute atomic E-state index is 0.246. The van der Waals surface area contributed by atoms with Crippen molar-refractivity contribution in [1.29, 1.82) is 0 Å². The zero-order valence-electron chi connectivity index (χ0n) is 11.3. The molecule has 1 saturated carbocycles. The third-order valence-corrected chi connectivity index (χ3v) is 3.87. The SMILES string of the molecule is OCCN1CCCN(Cc2noc(C3CC3)n2)CC1. The van der Waals surface area contributed by atoms with E-state index in [0.717, 1.165) is 57.4 Å². The van der Waals surface area contributed by atoms with Crippen molar-refractivity contribution < 1.29 is 9.63 Å². The van der Waals surface area contributed by atoms with Gasteiger partial charge >= 0.3 is 0 Å². The summed E-state index contributed by atoms with van der Waals surface area (Å²) < 4.78 is 5.29. The van der Waals surface area contributed by atoms with Crippen LogP contribution in [-0.4, -0.2) is 64.4 Å². The Morgan fingerprint density at radius 3 is 2.74 bits per heavy atom. The summed E-state index contributed by atoms with van der Waals surface area (Å²) in [5, 5.41) is 13.1. The lowest BCUT2D eigenvalue weighted by Crippen LogP contribution is -2.32. The van der Waals surface area contributed by atoms with Crippen LogP contribution in [0.15, 0.2) is 4.52 Å². The Hall–Kier alpha value is -0.980. The van der Waals surface area contributed by atoms with E-state index in [1.807, 2.05) is 0 Å². The van der Waals surface area contributed by atoms with Crippen LogP contribution in [0.4, 0.5) is 0 Å². The van der Waals surface area contributed by atoms with Crippen LogP contribution in [0.2, 0.25) is 0 Å². The zero-order valence-corrected chi connectivity index (χ0v) is 11.3. The molecule has 1 aliphatic heterocycles. The molecule has 2 aliphatic rings. The number of hydrogen-bond donors (Lipinski definition) is 1. The largest absolute Gasteiger partial charge is 0.395 e. The fourth-order valence-electron chi connectivity index (χ4n) is 2.58. The Labute approximate surface area is 113 Å². The topological polar surface area (TPSA) is 65.6 Å². The molecule has 106 valence electrons. The summed E-state index contributed by atoms with van der Waals surface area (Å²) in [6.07, 6.45) is 3.52. The maximum absolute atomic E-state index is 8.98. The number of nitrogens with zero attached hydrogens (tertiary/aromatic N) is 4. The molecule has 2 heterocycles. The Morgan fingerprint density at radius 2 is 1.95 bits per heavy atom. The first kappa shape index (κ1) is 13.0. The lowest BCUT2D eigenvalue weighted by Gasteiger charge is -2.19. The number of aliphatic hydroxyl groups is 1. The lowest BCUT2D eigenvalue weighted by atomic mass is 10.3. The molecule has 19 heavy (non-hydrogen) atoms. The van der Waals surface area contributed by atoms with Crippen LogP contribution < -0.4 is 0 Å². The van der Waals surface area contributed by atoms with E-state index >= 15 is 0 Å². The summed E-state index contributed by atoms with van der Waals surface area (Å²) in [5.74, 6) is 2.18. The second-order valence-electron chi connectivity index (χ2n) is 5.52. The highest BCUT2D eigenvalue weighted by Gasteiger charge is 2.29. The van der Waals surface area contributed by atoms with E-state index in [9.17, 15) is 0 Å². The van der Waals surface area contributed by atoms with E-state index in [0.29, 0.717) is 5.92 Å². The van der Waals surface area contributed by atoms with E-state index in [-0.39, 0.29) is 6.61 Å². The van der Waals surface area contributed by atoms with Crippen molar-refractivity contribution in [2.24, 2.45) is 0 Å². The second kappa shape index (κ2) is 5.98. The Kier molecular flexibility index (Phi) is 4.10. The van der Waals surface area contributed by atoms with E-state index < -0.39 is 0 Å². The number of β-amino-alcohol motifs (C(OH)–C–C–N with tert-alkyl or cyclic N) is 1. The Morgan fingerprint density at radius 1 is 1.16 bits per heavy atom. The molecular weight excluding hydrogens is 244 g/mol. The molecule has 0 atom stereocenters. The molecule has 0 bridgehead atoms. The Balaban J connectivity index is 1.51. The average Bonchev–Trinajstić information content (AvgIpc) is 3.18. The maximum Gasteiger partial charge on any atom is 0.229 e. The van der Waals surface area contributed by atoms with Gasteiger partial charge in [-0.15, -0.1) is 0 Å². The van der Waals surface area contributed by atoms with Gasteiger partial charge in [0.25, 0.3) is 0 Å². The fourth-order valence-corrected chi connectivity index (χ4v) is 2.58. The molecule has 1 N–H and O–H groups in total. The minimum Gasteiger partial charge on any atom is -0.395 e. The van der Waals surface area contributed by atoms with Crippen molar-refractivity contribution in [3.05, 3.63) is 11.7 Å². The summed E-state index contributed by atoms with van der Waals surface area (Å²) in [6.45, 7) is 5.95. The molecule has 0 unspecified atom stereocenters. The highest BCUT2D eigenvalue weighted by molar-refractivity contribution is 5.01. The molecule has 0 aromatic carbocycles. The molecule has 1 aromatic heterocycles. The van der Waals surface area contributed by atoms with Crippen molar-refractivity contribution in [2.45, 2.75) is 31.7 Å². The molecule has 3 rings (SSSR count). The van der Waals surface area contributed by atoms with Gasteiger partial charge in [-0.05, 0) is 32.4 Å². The first-order chi connectivity index (χ1) is 9.35. The molecule has 0 radical (unpaired) electrons. The van der Waals surface area contributed by atoms with Crippen LogP contribution in [0.1, 0.15) is 36.9 Å². The van der Waals surface area contributed by atoms with Crippen molar-refractivity contribution in [1.82, 2.24) is 19.9 Å².